The van der Waals surface area contributed by atoms with E-state index in [1.54, 1.807) is 0 Å². The van der Waals surface area contributed by atoms with Gasteiger partial charge >= 0.3 is 0 Å². The molecule has 20 heavy (non-hydrogen) atoms. The minimum absolute atomic E-state index is 0.0718. The topological polar surface area (TPSA) is 92.4 Å². The highest BCUT2D eigenvalue weighted by molar-refractivity contribution is 5.97. The van der Waals surface area contributed by atoms with Crippen LogP contribution in [0.1, 0.15) is 29.3 Å². The molecule has 0 heterocycles. The van der Waals surface area contributed by atoms with E-state index >= 15 is 0 Å². The molecule has 0 bridgehead atoms. The molecular formula is C14H15FN2O3. The van der Waals surface area contributed by atoms with Gasteiger partial charge in [0.1, 0.15) is 11.9 Å². The first-order valence-electron chi connectivity index (χ1n) is 5.95. The summed E-state index contributed by atoms with van der Waals surface area (Å²) >= 11 is 0. The molecule has 0 saturated heterocycles. The van der Waals surface area contributed by atoms with Crippen LogP contribution in [0.5, 0.6) is 0 Å². The van der Waals surface area contributed by atoms with Crippen molar-refractivity contribution in [3.05, 3.63) is 35.1 Å². The highest BCUT2D eigenvalue weighted by Crippen LogP contribution is 2.10. The fourth-order valence-corrected chi connectivity index (χ4v) is 1.34. The van der Waals surface area contributed by atoms with Crippen molar-refractivity contribution in [3.8, 4) is 11.8 Å². The van der Waals surface area contributed by atoms with Crippen molar-refractivity contribution < 1.29 is 19.1 Å². The highest BCUT2D eigenvalue weighted by Gasteiger charge is 2.17. The van der Waals surface area contributed by atoms with Crippen molar-refractivity contribution in [1.29, 1.82) is 0 Å². The first-order chi connectivity index (χ1) is 9.45. The second-order valence-electron chi connectivity index (χ2n) is 4.07. The lowest BCUT2D eigenvalue weighted by molar-refractivity contribution is -0.119. The van der Waals surface area contributed by atoms with Crippen LogP contribution in [-0.2, 0) is 4.79 Å². The fourth-order valence-electron chi connectivity index (χ4n) is 1.34. The summed E-state index contributed by atoms with van der Waals surface area (Å²) in [6, 6.07) is 2.93. The number of primary amides is 1. The molecule has 6 heteroatoms. The quantitative estimate of drug-likeness (QED) is 0.685. The smallest absolute Gasteiger partial charge is 0.254 e. The number of rotatable bonds is 4. The van der Waals surface area contributed by atoms with Crippen molar-refractivity contribution in [2.45, 2.75) is 19.4 Å². The van der Waals surface area contributed by atoms with Crippen LogP contribution in [0.25, 0.3) is 0 Å². The van der Waals surface area contributed by atoms with E-state index in [0.29, 0.717) is 5.56 Å². The zero-order chi connectivity index (χ0) is 15.1. The SMILES string of the molecule is CC(NC(=O)c1cc(C#CCCO)ccc1F)C(N)=O. The van der Waals surface area contributed by atoms with Crippen LogP contribution in [0.2, 0.25) is 0 Å². The number of amides is 2. The van der Waals surface area contributed by atoms with Crippen molar-refractivity contribution in [1.82, 2.24) is 5.32 Å². The summed E-state index contributed by atoms with van der Waals surface area (Å²) in [4.78, 5) is 22.7. The second kappa shape index (κ2) is 7.26. The summed E-state index contributed by atoms with van der Waals surface area (Å²) in [5.74, 6) is 3.20. The van der Waals surface area contributed by atoms with Gasteiger partial charge in [0.25, 0.3) is 5.91 Å². The largest absolute Gasteiger partial charge is 0.395 e. The van der Waals surface area contributed by atoms with E-state index < -0.39 is 23.7 Å². The Hall–Kier alpha value is -2.39. The van der Waals surface area contributed by atoms with Gasteiger partial charge in [-0.05, 0) is 25.1 Å². The molecule has 1 rings (SSSR count). The summed E-state index contributed by atoms with van der Waals surface area (Å²) in [6.07, 6.45) is 0.289. The molecule has 4 N–H and O–H groups in total. The molecule has 1 aromatic carbocycles. The Bertz CT molecular complexity index is 576. The highest BCUT2D eigenvalue weighted by atomic mass is 19.1. The van der Waals surface area contributed by atoms with Crippen molar-refractivity contribution >= 4 is 11.8 Å². The standard InChI is InChI=1S/C14H15FN2O3/c1-9(13(16)19)17-14(20)11-8-10(4-2-3-7-18)5-6-12(11)15/h5-6,8-9,18H,3,7H2,1H3,(H2,16,19)(H,17,20). The molecule has 0 fully saturated rings. The lowest BCUT2D eigenvalue weighted by atomic mass is 10.1. The maximum absolute atomic E-state index is 13.6. The normalized spacial score (nSPS) is 11.2. The first-order valence-corrected chi connectivity index (χ1v) is 5.95. The minimum atomic E-state index is -0.897. The lowest BCUT2D eigenvalue weighted by Gasteiger charge is -2.10. The van der Waals surface area contributed by atoms with Crippen LogP contribution in [0.3, 0.4) is 0 Å². The Morgan fingerprint density at radius 3 is 2.80 bits per heavy atom. The monoisotopic (exact) mass is 278 g/mol. The van der Waals surface area contributed by atoms with E-state index in [1.807, 2.05) is 0 Å². The van der Waals surface area contributed by atoms with E-state index in [9.17, 15) is 14.0 Å². The maximum Gasteiger partial charge on any atom is 0.254 e. The first kappa shape index (κ1) is 15.7. The second-order valence-corrected chi connectivity index (χ2v) is 4.07. The van der Waals surface area contributed by atoms with Crippen LogP contribution < -0.4 is 11.1 Å². The molecule has 0 aromatic heterocycles. The molecule has 0 aliphatic carbocycles. The number of hydrogen-bond donors (Lipinski definition) is 3. The predicted molar refractivity (Wildman–Crippen MR) is 71.1 cm³/mol. The summed E-state index contributed by atoms with van der Waals surface area (Å²) in [7, 11) is 0. The number of nitrogens with two attached hydrogens (primary N) is 1. The van der Waals surface area contributed by atoms with Gasteiger partial charge in [0.15, 0.2) is 0 Å². The summed E-state index contributed by atoms with van der Waals surface area (Å²) < 4.78 is 13.6. The Labute approximate surface area is 116 Å². The van der Waals surface area contributed by atoms with E-state index in [1.165, 1.54) is 19.1 Å². The van der Waals surface area contributed by atoms with E-state index in [2.05, 4.69) is 17.2 Å². The fraction of sp³-hybridized carbons (Fsp3) is 0.286. The van der Waals surface area contributed by atoms with Gasteiger partial charge in [0.2, 0.25) is 5.91 Å². The van der Waals surface area contributed by atoms with Gasteiger partial charge in [0.05, 0.1) is 12.2 Å². The van der Waals surface area contributed by atoms with Crippen LogP contribution >= 0.6 is 0 Å². The van der Waals surface area contributed by atoms with Gasteiger partial charge in [-0.15, -0.1) is 0 Å². The molecule has 0 saturated carbocycles. The van der Waals surface area contributed by atoms with Gasteiger partial charge in [-0.1, -0.05) is 11.8 Å². The van der Waals surface area contributed by atoms with Crippen LogP contribution in [0, 0.1) is 17.7 Å². The molecule has 0 aliphatic heterocycles. The molecule has 0 spiro atoms. The number of halogens is 1. The summed E-state index contributed by atoms with van der Waals surface area (Å²) in [5, 5.41) is 10.9. The van der Waals surface area contributed by atoms with Crippen LogP contribution in [0.15, 0.2) is 18.2 Å². The Kier molecular flexibility index (Phi) is 5.69. The third-order valence-electron chi connectivity index (χ3n) is 2.45. The summed E-state index contributed by atoms with van der Waals surface area (Å²) in [6.45, 7) is 1.33. The number of hydrogen-bond acceptors (Lipinski definition) is 3. The Morgan fingerprint density at radius 2 is 2.20 bits per heavy atom. The lowest BCUT2D eigenvalue weighted by Crippen LogP contribution is -2.42. The predicted octanol–water partition coefficient (Wildman–Crippen LogP) is 0.163. The van der Waals surface area contributed by atoms with Crippen molar-refractivity contribution in [2.75, 3.05) is 6.61 Å². The Balaban J connectivity index is 2.94. The van der Waals surface area contributed by atoms with Crippen LogP contribution in [0.4, 0.5) is 4.39 Å². The van der Waals surface area contributed by atoms with Crippen LogP contribution in [-0.4, -0.2) is 29.6 Å². The zero-order valence-electron chi connectivity index (χ0n) is 10.9. The molecule has 1 aromatic rings. The van der Waals surface area contributed by atoms with E-state index in [-0.39, 0.29) is 18.6 Å². The third kappa shape index (κ3) is 4.37. The molecule has 5 nitrogen and oxygen atoms in total. The van der Waals surface area contributed by atoms with Gasteiger partial charge in [-0.25, -0.2) is 4.39 Å². The average molecular weight is 278 g/mol. The number of nitrogens with one attached hydrogen (secondary N) is 1. The molecular weight excluding hydrogens is 263 g/mol. The molecule has 1 unspecified atom stereocenters. The number of benzene rings is 1. The van der Waals surface area contributed by atoms with Gasteiger partial charge in [-0.2, -0.15) is 0 Å². The average Bonchev–Trinajstić information content (AvgIpc) is 2.40. The zero-order valence-corrected chi connectivity index (χ0v) is 10.9. The van der Waals surface area contributed by atoms with Gasteiger partial charge in [0, 0.05) is 12.0 Å². The van der Waals surface area contributed by atoms with Gasteiger partial charge in [-0.3, -0.25) is 9.59 Å². The molecule has 0 aliphatic rings. The van der Waals surface area contributed by atoms with Crippen molar-refractivity contribution in [2.24, 2.45) is 5.73 Å². The van der Waals surface area contributed by atoms with Crippen molar-refractivity contribution in [3.63, 3.8) is 0 Å². The van der Waals surface area contributed by atoms with Gasteiger partial charge < -0.3 is 16.2 Å². The van der Waals surface area contributed by atoms with E-state index in [0.717, 1.165) is 6.07 Å². The molecule has 0 radical (unpaired) electrons. The molecule has 106 valence electrons. The number of carbonyl (C=O) groups is 2. The van der Waals surface area contributed by atoms with E-state index in [4.69, 9.17) is 10.8 Å². The Morgan fingerprint density at radius 1 is 1.50 bits per heavy atom. The summed E-state index contributed by atoms with van der Waals surface area (Å²) in [5.41, 5.74) is 5.25. The third-order valence-corrected chi connectivity index (χ3v) is 2.45. The minimum Gasteiger partial charge on any atom is -0.395 e. The molecule has 1 atom stereocenters. The number of aliphatic hydroxyl groups is 1. The molecule has 2 amide bonds. The maximum atomic E-state index is 13.6. The number of carbonyl (C=O) groups excluding carboxylic acids is 2. The number of aliphatic hydroxyl groups excluding tert-OH is 1.